The molecule has 2 rings (SSSR count). The maximum atomic E-state index is 13.7. The smallest absolute Gasteiger partial charge is 0.130 e. The standard InChI is InChI=1S/C11H13ClFN/c1-7-2-3-9(12)8(10(7)13)6-11(14)4-5-11/h2-3H,4-6,14H2,1H3. The quantitative estimate of drug-likeness (QED) is 0.804. The molecule has 14 heavy (non-hydrogen) atoms. The van der Waals surface area contributed by atoms with E-state index in [1.54, 1.807) is 19.1 Å². The van der Waals surface area contributed by atoms with E-state index in [0.717, 1.165) is 12.8 Å². The van der Waals surface area contributed by atoms with Crippen molar-refractivity contribution in [3.63, 3.8) is 0 Å². The van der Waals surface area contributed by atoms with Crippen molar-refractivity contribution in [3.8, 4) is 0 Å². The molecule has 0 heterocycles. The van der Waals surface area contributed by atoms with Crippen molar-refractivity contribution >= 4 is 11.6 Å². The monoisotopic (exact) mass is 213 g/mol. The molecule has 1 aliphatic carbocycles. The third kappa shape index (κ3) is 1.77. The summed E-state index contributed by atoms with van der Waals surface area (Å²) in [7, 11) is 0. The average Bonchev–Trinajstić information content (AvgIpc) is 2.86. The van der Waals surface area contributed by atoms with Gasteiger partial charge in [-0.25, -0.2) is 4.39 Å². The molecule has 0 bridgehead atoms. The summed E-state index contributed by atoms with van der Waals surface area (Å²) in [6, 6.07) is 3.43. The van der Waals surface area contributed by atoms with Gasteiger partial charge in [-0.2, -0.15) is 0 Å². The zero-order valence-corrected chi connectivity index (χ0v) is 8.87. The van der Waals surface area contributed by atoms with Crippen LogP contribution in [0.25, 0.3) is 0 Å². The fourth-order valence-corrected chi connectivity index (χ4v) is 1.78. The summed E-state index contributed by atoms with van der Waals surface area (Å²) in [6.45, 7) is 1.74. The van der Waals surface area contributed by atoms with Gasteiger partial charge in [-0.1, -0.05) is 17.7 Å². The molecular formula is C11H13ClFN. The Morgan fingerprint density at radius 3 is 2.71 bits per heavy atom. The first-order valence-corrected chi connectivity index (χ1v) is 5.12. The lowest BCUT2D eigenvalue weighted by Gasteiger charge is -2.12. The summed E-state index contributed by atoms with van der Waals surface area (Å²) >= 11 is 5.94. The van der Waals surface area contributed by atoms with Crippen LogP contribution in [-0.2, 0) is 6.42 Å². The molecule has 1 aromatic rings. The molecule has 1 aromatic carbocycles. The van der Waals surface area contributed by atoms with Crippen LogP contribution in [0.15, 0.2) is 12.1 Å². The van der Waals surface area contributed by atoms with Gasteiger partial charge in [0.25, 0.3) is 0 Å². The summed E-state index contributed by atoms with van der Waals surface area (Å²) in [4.78, 5) is 0. The summed E-state index contributed by atoms with van der Waals surface area (Å²) in [5, 5.41) is 0.491. The molecule has 0 atom stereocenters. The Labute approximate surface area is 88.1 Å². The van der Waals surface area contributed by atoms with Crippen LogP contribution in [0.5, 0.6) is 0 Å². The summed E-state index contributed by atoms with van der Waals surface area (Å²) in [6.07, 6.45) is 2.49. The van der Waals surface area contributed by atoms with Crippen LogP contribution in [0.3, 0.4) is 0 Å². The highest BCUT2D eigenvalue weighted by molar-refractivity contribution is 6.31. The van der Waals surface area contributed by atoms with Crippen LogP contribution in [0.2, 0.25) is 5.02 Å². The van der Waals surface area contributed by atoms with E-state index in [4.69, 9.17) is 17.3 Å². The fraction of sp³-hybridized carbons (Fsp3) is 0.455. The third-order valence-corrected chi connectivity index (χ3v) is 3.15. The minimum atomic E-state index is -0.200. The summed E-state index contributed by atoms with van der Waals surface area (Å²) < 4.78 is 13.7. The van der Waals surface area contributed by atoms with Crippen LogP contribution in [0.4, 0.5) is 4.39 Å². The predicted octanol–water partition coefficient (Wildman–Crippen LogP) is 2.82. The summed E-state index contributed by atoms with van der Waals surface area (Å²) in [5.74, 6) is -0.200. The fourth-order valence-electron chi connectivity index (χ4n) is 1.57. The van der Waals surface area contributed by atoms with Gasteiger partial charge in [-0.15, -0.1) is 0 Å². The van der Waals surface area contributed by atoms with Gasteiger partial charge in [0.1, 0.15) is 5.82 Å². The van der Waals surface area contributed by atoms with Gasteiger partial charge in [0.15, 0.2) is 0 Å². The average molecular weight is 214 g/mol. The molecule has 1 saturated carbocycles. The minimum absolute atomic E-state index is 0.196. The lowest BCUT2D eigenvalue weighted by atomic mass is 10.0. The molecule has 2 N–H and O–H groups in total. The zero-order valence-electron chi connectivity index (χ0n) is 8.11. The lowest BCUT2D eigenvalue weighted by molar-refractivity contribution is 0.576. The van der Waals surface area contributed by atoms with Crippen molar-refractivity contribution in [1.29, 1.82) is 0 Å². The molecule has 0 spiro atoms. The topological polar surface area (TPSA) is 26.0 Å². The van der Waals surface area contributed by atoms with Crippen molar-refractivity contribution in [2.24, 2.45) is 5.73 Å². The van der Waals surface area contributed by atoms with E-state index in [0.29, 0.717) is 22.6 Å². The molecule has 0 saturated heterocycles. The Hall–Kier alpha value is -0.600. The predicted molar refractivity (Wildman–Crippen MR) is 56.0 cm³/mol. The van der Waals surface area contributed by atoms with Crippen LogP contribution < -0.4 is 5.73 Å². The Bertz CT molecular complexity index is 372. The molecule has 0 aromatic heterocycles. The lowest BCUT2D eigenvalue weighted by Crippen LogP contribution is -2.25. The first kappa shape index (κ1) is 9.94. The number of nitrogens with two attached hydrogens (primary N) is 1. The molecule has 1 nitrogen and oxygen atoms in total. The van der Waals surface area contributed by atoms with Gasteiger partial charge >= 0.3 is 0 Å². The van der Waals surface area contributed by atoms with Crippen molar-refractivity contribution in [2.75, 3.05) is 0 Å². The van der Waals surface area contributed by atoms with E-state index in [1.165, 1.54) is 0 Å². The molecule has 0 aliphatic heterocycles. The molecule has 0 amide bonds. The molecule has 76 valence electrons. The first-order chi connectivity index (χ1) is 6.52. The Morgan fingerprint density at radius 2 is 2.14 bits per heavy atom. The Kier molecular flexibility index (Phi) is 2.28. The van der Waals surface area contributed by atoms with Gasteiger partial charge in [-0.05, 0) is 37.8 Å². The van der Waals surface area contributed by atoms with E-state index in [2.05, 4.69) is 0 Å². The third-order valence-electron chi connectivity index (χ3n) is 2.80. The van der Waals surface area contributed by atoms with Crippen LogP contribution in [0.1, 0.15) is 24.0 Å². The number of aryl methyl sites for hydroxylation is 1. The molecule has 1 aliphatic rings. The number of hydrogen-bond acceptors (Lipinski definition) is 1. The van der Waals surface area contributed by atoms with Gasteiger partial charge in [0.05, 0.1) is 0 Å². The molecular weight excluding hydrogens is 201 g/mol. The van der Waals surface area contributed by atoms with Crippen LogP contribution in [0, 0.1) is 12.7 Å². The van der Waals surface area contributed by atoms with E-state index in [1.807, 2.05) is 0 Å². The maximum Gasteiger partial charge on any atom is 0.130 e. The van der Waals surface area contributed by atoms with Crippen LogP contribution in [-0.4, -0.2) is 5.54 Å². The number of hydrogen-bond donors (Lipinski definition) is 1. The van der Waals surface area contributed by atoms with E-state index >= 15 is 0 Å². The van der Waals surface area contributed by atoms with E-state index in [9.17, 15) is 4.39 Å². The van der Waals surface area contributed by atoms with Crippen molar-refractivity contribution in [2.45, 2.75) is 31.7 Å². The molecule has 0 radical (unpaired) electrons. The normalized spacial score (nSPS) is 18.3. The van der Waals surface area contributed by atoms with E-state index < -0.39 is 0 Å². The van der Waals surface area contributed by atoms with Gasteiger partial charge in [-0.3, -0.25) is 0 Å². The SMILES string of the molecule is Cc1ccc(Cl)c(CC2(N)CC2)c1F. The van der Waals surface area contributed by atoms with Crippen LogP contribution >= 0.6 is 11.6 Å². The largest absolute Gasteiger partial charge is 0.325 e. The highest BCUT2D eigenvalue weighted by atomic mass is 35.5. The number of rotatable bonds is 2. The van der Waals surface area contributed by atoms with Gasteiger partial charge < -0.3 is 5.73 Å². The number of benzene rings is 1. The second-order valence-corrected chi connectivity index (χ2v) is 4.60. The van der Waals surface area contributed by atoms with Gasteiger partial charge in [0.2, 0.25) is 0 Å². The Balaban J connectivity index is 2.35. The zero-order chi connectivity index (χ0) is 10.3. The van der Waals surface area contributed by atoms with E-state index in [-0.39, 0.29) is 11.4 Å². The molecule has 0 unspecified atom stereocenters. The van der Waals surface area contributed by atoms with Crippen molar-refractivity contribution < 1.29 is 4.39 Å². The highest BCUT2D eigenvalue weighted by Crippen LogP contribution is 2.38. The second kappa shape index (κ2) is 3.21. The van der Waals surface area contributed by atoms with Crippen molar-refractivity contribution in [3.05, 3.63) is 34.1 Å². The maximum absolute atomic E-state index is 13.7. The van der Waals surface area contributed by atoms with Gasteiger partial charge in [0, 0.05) is 16.1 Å². The molecule has 3 heteroatoms. The highest BCUT2D eigenvalue weighted by Gasteiger charge is 2.39. The number of halogens is 2. The Morgan fingerprint density at radius 1 is 1.50 bits per heavy atom. The molecule has 1 fully saturated rings. The summed E-state index contributed by atoms with van der Waals surface area (Å²) in [5.41, 5.74) is 6.95. The minimum Gasteiger partial charge on any atom is -0.325 e. The van der Waals surface area contributed by atoms with Crippen molar-refractivity contribution in [1.82, 2.24) is 0 Å². The second-order valence-electron chi connectivity index (χ2n) is 4.20. The first-order valence-electron chi connectivity index (χ1n) is 4.74.